The molecule has 1 aromatic carbocycles. The van der Waals surface area contributed by atoms with E-state index in [-0.39, 0.29) is 24.0 Å². The first-order valence-corrected chi connectivity index (χ1v) is 14.2. The molecule has 2 atom stereocenters. The fraction of sp³-hybridized carbons (Fsp3) is 0.577. The van der Waals surface area contributed by atoms with E-state index in [1.54, 1.807) is 23.9 Å². The van der Waals surface area contributed by atoms with Crippen molar-refractivity contribution in [2.24, 2.45) is 0 Å². The molecule has 0 radical (unpaired) electrons. The smallest absolute Gasteiger partial charge is 0.320 e. The first-order chi connectivity index (χ1) is 18.1. The number of nitrogens with one attached hydrogen (secondary N) is 1. The molecule has 3 saturated heterocycles. The number of benzene rings is 1. The summed E-state index contributed by atoms with van der Waals surface area (Å²) < 4.78 is 25.1. The largest absolute Gasteiger partial charge is 0.378 e. The fourth-order valence-corrected chi connectivity index (χ4v) is 6.46. The second-order valence-corrected chi connectivity index (χ2v) is 11.0. The van der Waals surface area contributed by atoms with Gasteiger partial charge in [0.1, 0.15) is 11.6 Å². The number of carbonyl (C=O) groups excluding carboxylic acids is 1. The summed E-state index contributed by atoms with van der Waals surface area (Å²) >= 11 is 1.80. The number of morpholine rings is 1. The molecular weight excluding hydrogens is 495 g/mol. The maximum Gasteiger partial charge on any atom is 0.320 e. The highest BCUT2D eigenvalue weighted by Crippen LogP contribution is 2.38. The van der Waals surface area contributed by atoms with Crippen LogP contribution in [0.5, 0.6) is 0 Å². The van der Waals surface area contributed by atoms with E-state index in [4.69, 9.17) is 19.4 Å². The zero-order valence-corrected chi connectivity index (χ0v) is 21.7. The van der Waals surface area contributed by atoms with Crippen molar-refractivity contribution >= 4 is 29.6 Å². The van der Waals surface area contributed by atoms with Crippen molar-refractivity contribution in [3.05, 3.63) is 41.3 Å². The van der Waals surface area contributed by atoms with Gasteiger partial charge in [0.2, 0.25) is 5.95 Å². The molecule has 4 aliphatic rings. The Morgan fingerprint density at radius 3 is 2.68 bits per heavy atom. The number of hydrogen-bond donors (Lipinski definition) is 1. The van der Waals surface area contributed by atoms with Gasteiger partial charge in [-0.15, -0.1) is 11.8 Å². The zero-order chi connectivity index (χ0) is 25.2. The summed E-state index contributed by atoms with van der Waals surface area (Å²) in [5, 5.41) is 3.69. The minimum atomic E-state index is -0.238. The Morgan fingerprint density at radius 2 is 1.86 bits per heavy atom. The maximum atomic E-state index is 13.8. The van der Waals surface area contributed by atoms with Crippen molar-refractivity contribution in [3.8, 4) is 0 Å². The number of anilines is 2. The number of ether oxygens (including phenoxy) is 2. The maximum absolute atomic E-state index is 13.8. The third-order valence-corrected chi connectivity index (χ3v) is 8.59. The Kier molecular flexibility index (Phi) is 7.34. The molecule has 0 saturated carbocycles. The van der Waals surface area contributed by atoms with Crippen LogP contribution in [0.1, 0.15) is 30.2 Å². The molecule has 9 nitrogen and oxygen atoms in total. The van der Waals surface area contributed by atoms with Gasteiger partial charge < -0.3 is 29.5 Å². The van der Waals surface area contributed by atoms with Gasteiger partial charge in [-0.2, -0.15) is 4.98 Å². The van der Waals surface area contributed by atoms with Crippen LogP contribution in [0.15, 0.2) is 29.2 Å². The van der Waals surface area contributed by atoms with Crippen molar-refractivity contribution in [1.29, 1.82) is 0 Å². The first-order valence-electron chi connectivity index (χ1n) is 13.2. The number of amides is 2. The summed E-state index contributed by atoms with van der Waals surface area (Å²) in [4.78, 5) is 29.9. The van der Waals surface area contributed by atoms with Gasteiger partial charge in [-0.05, 0) is 30.5 Å². The fourth-order valence-electron chi connectivity index (χ4n) is 5.41. The van der Waals surface area contributed by atoms with Crippen LogP contribution >= 0.6 is 11.8 Å². The Hall–Kier alpha value is -2.63. The molecule has 198 valence electrons. The van der Waals surface area contributed by atoms with Crippen molar-refractivity contribution < 1.29 is 18.7 Å². The van der Waals surface area contributed by atoms with Gasteiger partial charge in [0, 0.05) is 64.1 Å². The van der Waals surface area contributed by atoms with Gasteiger partial charge >= 0.3 is 6.03 Å². The average molecular weight is 529 g/mol. The monoisotopic (exact) mass is 528 g/mol. The van der Waals surface area contributed by atoms with E-state index < -0.39 is 0 Å². The SMILES string of the molecule is O=C(N1CCOCC1)N1CCN(c2nc3c(c(NC4CCOC(c5cccc(F)c5)C4)n2)SCC3)CC1. The molecule has 0 aliphatic carbocycles. The third kappa shape index (κ3) is 5.49. The summed E-state index contributed by atoms with van der Waals surface area (Å²) in [7, 11) is 0. The summed E-state index contributed by atoms with van der Waals surface area (Å²) in [6, 6.07) is 6.97. The van der Waals surface area contributed by atoms with E-state index in [1.807, 2.05) is 15.9 Å². The van der Waals surface area contributed by atoms with Gasteiger partial charge in [0.25, 0.3) is 0 Å². The molecule has 0 bridgehead atoms. The topological polar surface area (TPSA) is 83.1 Å². The number of thioether (sulfide) groups is 1. The number of aromatic nitrogens is 2. The van der Waals surface area contributed by atoms with Crippen LogP contribution in [0.2, 0.25) is 0 Å². The number of urea groups is 1. The van der Waals surface area contributed by atoms with Crippen LogP contribution in [-0.4, -0.2) is 96.7 Å². The van der Waals surface area contributed by atoms with Crippen LogP contribution in [-0.2, 0) is 15.9 Å². The highest BCUT2D eigenvalue weighted by atomic mass is 32.2. The Morgan fingerprint density at radius 1 is 1.05 bits per heavy atom. The normalized spacial score (nSPS) is 24.2. The molecule has 1 N–H and O–H groups in total. The highest BCUT2D eigenvalue weighted by Gasteiger charge is 2.30. The predicted molar refractivity (Wildman–Crippen MR) is 140 cm³/mol. The molecule has 2 unspecified atom stereocenters. The van der Waals surface area contributed by atoms with Crippen molar-refractivity contribution in [2.75, 3.05) is 75.1 Å². The average Bonchev–Trinajstić information content (AvgIpc) is 3.43. The van der Waals surface area contributed by atoms with E-state index in [9.17, 15) is 9.18 Å². The summed E-state index contributed by atoms with van der Waals surface area (Å²) in [6.45, 7) is 5.88. The van der Waals surface area contributed by atoms with E-state index >= 15 is 0 Å². The standard InChI is InChI=1S/C26H33FN6O3S/c27-19-3-1-2-18(16-19)22-17-20(4-12-36-22)28-24-23-21(5-15-37-23)29-25(30-24)31-6-8-32(9-7-31)26(34)33-10-13-35-14-11-33/h1-3,16,20,22H,4-15,17H2,(H,28,29,30). The molecule has 2 amide bonds. The number of halogens is 1. The van der Waals surface area contributed by atoms with Crippen LogP contribution < -0.4 is 10.2 Å². The number of carbonyl (C=O) groups is 1. The van der Waals surface area contributed by atoms with E-state index in [0.29, 0.717) is 59.1 Å². The second kappa shape index (κ2) is 11.0. The Balaban J connectivity index is 1.13. The number of nitrogens with zero attached hydrogens (tertiary/aromatic N) is 5. The van der Waals surface area contributed by atoms with Crippen LogP contribution in [0.4, 0.5) is 21.0 Å². The lowest BCUT2D eigenvalue weighted by Crippen LogP contribution is -2.55. The molecule has 0 spiro atoms. The molecule has 1 aromatic heterocycles. The molecule has 37 heavy (non-hydrogen) atoms. The summed E-state index contributed by atoms with van der Waals surface area (Å²) in [6.07, 6.45) is 2.41. The first kappa shape index (κ1) is 24.7. The van der Waals surface area contributed by atoms with E-state index in [0.717, 1.165) is 52.9 Å². The minimum Gasteiger partial charge on any atom is -0.378 e. The number of piperazine rings is 1. The number of fused-ring (bicyclic) bond motifs is 1. The van der Waals surface area contributed by atoms with Gasteiger partial charge in [-0.1, -0.05) is 12.1 Å². The highest BCUT2D eigenvalue weighted by molar-refractivity contribution is 7.99. The van der Waals surface area contributed by atoms with Gasteiger partial charge in [-0.3, -0.25) is 0 Å². The van der Waals surface area contributed by atoms with Crippen LogP contribution in [0.3, 0.4) is 0 Å². The zero-order valence-electron chi connectivity index (χ0n) is 20.9. The third-order valence-electron chi connectivity index (χ3n) is 7.47. The van der Waals surface area contributed by atoms with E-state index in [1.165, 1.54) is 6.07 Å². The van der Waals surface area contributed by atoms with Gasteiger partial charge in [0.05, 0.1) is 29.9 Å². The summed E-state index contributed by atoms with van der Waals surface area (Å²) in [5.41, 5.74) is 1.97. The lowest BCUT2D eigenvalue weighted by Gasteiger charge is -2.38. The van der Waals surface area contributed by atoms with Crippen molar-refractivity contribution in [2.45, 2.75) is 36.3 Å². The van der Waals surface area contributed by atoms with Gasteiger partial charge in [0.15, 0.2) is 0 Å². The van der Waals surface area contributed by atoms with Crippen molar-refractivity contribution in [3.63, 3.8) is 0 Å². The molecular formula is C26H33FN6O3S. The second-order valence-electron chi connectivity index (χ2n) is 9.88. The van der Waals surface area contributed by atoms with E-state index in [2.05, 4.69) is 10.2 Å². The number of rotatable bonds is 4. The quantitative estimate of drug-likeness (QED) is 0.648. The lowest BCUT2D eigenvalue weighted by molar-refractivity contribution is 0.00954. The van der Waals surface area contributed by atoms with Crippen LogP contribution in [0, 0.1) is 5.82 Å². The predicted octanol–water partition coefficient (Wildman–Crippen LogP) is 3.17. The van der Waals surface area contributed by atoms with Crippen LogP contribution in [0.25, 0.3) is 0 Å². The minimum absolute atomic E-state index is 0.101. The molecule has 5 heterocycles. The molecule has 6 rings (SSSR count). The summed E-state index contributed by atoms with van der Waals surface area (Å²) in [5.74, 6) is 2.39. The Labute approximate surface area is 220 Å². The van der Waals surface area contributed by atoms with Crippen molar-refractivity contribution in [1.82, 2.24) is 19.8 Å². The molecule has 4 aliphatic heterocycles. The van der Waals surface area contributed by atoms with Gasteiger partial charge in [-0.25, -0.2) is 14.2 Å². The molecule has 11 heteroatoms. The number of hydrogen-bond acceptors (Lipinski definition) is 8. The molecule has 2 aromatic rings. The number of aryl methyl sites for hydroxylation is 1. The Bertz CT molecular complexity index is 1130. The molecule has 3 fully saturated rings. The lowest BCUT2D eigenvalue weighted by atomic mass is 9.97.